The Balaban J connectivity index is 1.76. The van der Waals surface area contributed by atoms with Crippen LogP contribution >= 0.6 is 0 Å². The monoisotopic (exact) mass is 337 g/mol. The van der Waals surface area contributed by atoms with Crippen LogP contribution in [0.5, 0.6) is 0 Å². The van der Waals surface area contributed by atoms with E-state index in [1.54, 1.807) is 0 Å². The molecule has 0 N–H and O–H groups in total. The van der Waals surface area contributed by atoms with Crippen LogP contribution in [0.3, 0.4) is 0 Å². The molecule has 0 atom stereocenters. The van der Waals surface area contributed by atoms with E-state index in [4.69, 9.17) is 10.1 Å². The molecule has 1 fully saturated rings. The van der Waals surface area contributed by atoms with Gasteiger partial charge in [-0.15, -0.1) is 0 Å². The number of rotatable bonds is 5. The summed E-state index contributed by atoms with van der Waals surface area (Å²) in [5.41, 5.74) is 6.65. The van der Waals surface area contributed by atoms with Gasteiger partial charge in [0.05, 0.1) is 11.2 Å². The number of fused-ring (bicyclic) bond motifs is 2. The van der Waals surface area contributed by atoms with Crippen LogP contribution in [0.2, 0.25) is 0 Å². The molecule has 0 amide bonds. The normalized spacial score (nSPS) is 18.6. The smallest absolute Gasteiger partial charge is 0.114 e. The second kappa shape index (κ2) is 6.93. The average molecular weight is 338 g/mol. The Morgan fingerprint density at radius 2 is 1.92 bits per heavy atom. The maximum absolute atomic E-state index is 5.21. The summed E-state index contributed by atoms with van der Waals surface area (Å²) in [7, 11) is 0. The van der Waals surface area contributed by atoms with E-state index in [0.717, 1.165) is 17.8 Å². The van der Waals surface area contributed by atoms with Gasteiger partial charge in [0, 0.05) is 17.0 Å². The SMILES string of the molecule is CCCCCc1c(-c2cccc(C)n2)nn2c1CCC21CCCCC1. The molecular formula is C22H31N3. The third kappa shape index (κ3) is 3.02. The Kier molecular flexibility index (Phi) is 4.66. The second-order valence-electron chi connectivity index (χ2n) is 8.09. The van der Waals surface area contributed by atoms with Gasteiger partial charge in [0.25, 0.3) is 0 Å². The molecule has 3 heteroatoms. The zero-order chi connectivity index (χ0) is 17.3. The van der Waals surface area contributed by atoms with Crippen LogP contribution in [0.25, 0.3) is 11.4 Å². The van der Waals surface area contributed by atoms with E-state index < -0.39 is 0 Å². The molecule has 0 saturated heterocycles. The highest BCUT2D eigenvalue weighted by Crippen LogP contribution is 2.46. The van der Waals surface area contributed by atoms with Crippen LogP contribution in [-0.4, -0.2) is 14.8 Å². The molecule has 134 valence electrons. The summed E-state index contributed by atoms with van der Waals surface area (Å²) in [6, 6.07) is 6.34. The maximum Gasteiger partial charge on any atom is 0.114 e. The standard InChI is InChI=1S/C22H31N3/c1-3-4-6-11-18-20-13-16-22(14-7-5-8-15-22)25(20)24-21(18)19-12-9-10-17(2)23-19/h9-10,12H,3-8,11,13-16H2,1-2H3. The van der Waals surface area contributed by atoms with Crippen molar-refractivity contribution in [2.75, 3.05) is 0 Å². The first kappa shape index (κ1) is 16.8. The Bertz CT molecular complexity index is 738. The third-order valence-corrected chi connectivity index (χ3v) is 6.31. The van der Waals surface area contributed by atoms with Crippen LogP contribution in [0.4, 0.5) is 0 Å². The average Bonchev–Trinajstić information content (AvgIpc) is 3.15. The first-order valence-corrected chi connectivity index (χ1v) is 10.3. The fraction of sp³-hybridized carbons (Fsp3) is 0.636. The molecule has 25 heavy (non-hydrogen) atoms. The van der Waals surface area contributed by atoms with E-state index in [9.17, 15) is 0 Å². The topological polar surface area (TPSA) is 30.7 Å². The summed E-state index contributed by atoms with van der Waals surface area (Å²) in [5, 5.41) is 5.21. The Morgan fingerprint density at radius 1 is 1.08 bits per heavy atom. The van der Waals surface area contributed by atoms with Gasteiger partial charge in [0.2, 0.25) is 0 Å². The fourth-order valence-electron chi connectivity index (χ4n) is 4.96. The number of unbranched alkanes of at least 4 members (excludes halogenated alkanes) is 2. The first-order chi connectivity index (χ1) is 12.2. The number of aryl methyl sites for hydroxylation is 1. The first-order valence-electron chi connectivity index (χ1n) is 10.3. The quantitative estimate of drug-likeness (QED) is 0.666. The summed E-state index contributed by atoms with van der Waals surface area (Å²) >= 11 is 0. The highest BCUT2D eigenvalue weighted by atomic mass is 15.4. The predicted octanol–water partition coefficient (Wildman–Crippen LogP) is 5.59. The van der Waals surface area contributed by atoms with Gasteiger partial charge in [-0.3, -0.25) is 9.67 Å². The van der Waals surface area contributed by atoms with Crippen LogP contribution in [0.1, 0.15) is 81.7 Å². The highest BCUT2D eigenvalue weighted by molar-refractivity contribution is 5.61. The molecule has 1 saturated carbocycles. The minimum Gasteiger partial charge on any atom is -0.263 e. The van der Waals surface area contributed by atoms with Crippen LogP contribution in [0.15, 0.2) is 18.2 Å². The summed E-state index contributed by atoms with van der Waals surface area (Å²) in [6.45, 7) is 4.36. The molecule has 2 aromatic heterocycles. The van der Waals surface area contributed by atoms with E-state index in [0.29, 0.717) is 5.54 Å². The summed E-state index contributed by atoms with van der Waals surface area (Å²) in [4.78, 5) is 4.80. The molecule has 3 nitrogen and oxygen atoms in total. The summed E-state index contributed by atoms with van der Waals surface area (Å²) in [5.74, 6) is 0. The molecular weight excluding hydrogens is 306 g/mol. The molecule has 2 aliphatic rings. The van der Waals surface area contributed by atoms with Gasteiger partial charge in [-0.25, -0.2) is 0 Å². The van der Waals surface area contributed by atoms with Crippen molar-refractivity contribution in [1.29, 1.82) is 0 Å². The van der Waals surface area contributed by atoms with Gasteiger partial charge in [0.15, 0.2) is 0 Å². The minimum atomic E-state index is 0.315. The Labute approximate surface area is 151 Å². The van der Waals surface area contributed by atoms with Gasteiger partial charge in [-0.1, -0.05) is 45.1 Å². The number of nitrogens with zero attached hydrogens (tertiary/aromatic N) is 3. The lowest BCUT2D eigenvalue weighted by Crippen LogP contribution is -2.33. The van der Waals surface area contributed by atoms with Gasteiger partial charge in [-0.05, 0) is 57.6 Å². The Morgan fingerprint density at radius 3 is 2.68 bits per heavy atom. The van der Waals surface area contributed by atoms with E-state index in [-0.39, 0.29) is 0 Å². The molecule has 3 heterocycles. The van der Waals surface area contributed by atoms with E-state index in [2.05, 4.69) is 36.7 Å². The maximum atomic E-state index is 5.21. The van der Waals surface area contributed by atoms with Gasteiger partial charge in [-0.2, -0.15) is 5.10 Å². The summed E-state index contributed by atoms with van der Waals surface area (Å²) in [6.07, 6.45) is 14.3. The van der Waals surface area contributed by atoms with Gasteiger partial charge in [0.1, 0.15) is 5.69 Å². The van der Waals surface area contributed by atoms with Crippen molar-refractivity contribution < 1.29 is 0 Å². The van der Waals surface area contributed by atoms with Gasteiger partial charge >= 0.3 is 0 Å². The number of hydrogen-bond acceptors (Lipinski definition) is 2. The van der Waals surface area contributed by atoms with Crippen molar-refractivity contribution in [1.82, 2.24) is 14.8 Å². The molecule has 1 spiro atoms. The van der Waals surface area contributed by atoms with E-state index in [1.807, 2.05) is 0 Å². The third-order valence-electron chi connectivity index (χ3n) is 6.31. The van der Waals surface area contributed by atoms with Crippen molar-refractivity contribution in [2.24, 2.45) is 0 Å². The highest BCUT2D eigenvalue weighted by Gasteiger charge is 2.42. The van der Waals surface area contributed by atoms with Crippen molar-refractivity contribution in [2.45, 2.75) is 90.0 Å². The van der Waals surface area contributed by atoms with Crippen molar-refractivity contribution >= 4 is 0 Å². The molecule has 0 radical (unpaired) electrons. The second-order valence-corrected chi connectivity index (χ2v) is 8.09. The van der Waals surface area contributed by atoms with Crippen LogP contribution in [0, 0.1) is 6.92 Å². The zero-order valence-corrected chi connectivity index (χ0v) is 15.9. The predicted molar refractivity (Wildman–Crippen MR) is 103 cm³/mol. The van der Waals surface area contributed by atoms with E-state index >= 15 is 0 Å². The van der Waals surface area contributed by atoms with Crippen molar-refractivity contribution in [3.63, 3.8) is 0 Å². The van der Waals surface area contributed by atoms with Crippen molar-refractivity contribution in [3.05, 3.63) is 35.2 Å². The van der Waals surface area contributed by atoms with Crippen LogP contribution < -0.4 is 0 Å². The molecule has 0 unspecified atom stereocenters. The van der Waals surface area contributed by atoms with Gasteiger partial charge < -0.3 is 0 Å². The largest absolute Gasteiger partial charge is 0.263 e. The summed E-state index contributed by atoms with van der Waals surface area (Å²) < 4.78 is 2.47. The Hall–Kier alpha value is -1.64. The fourth-order valence-corrected chi connectivity index (χ4v) is 4.96. The lowest BCUT2D eigenvalue weighted by atomic mass is 9.80. The lowest BCUT2D eigenvalue weighted by molar-refractivity contribution is 0.186. The number of pyridine rings is 1. The van der Waals surface area contributed by atoms with E-state index in [1.165, 1.54) is 81.2 Å². The minimum absolute atomic E-state index is 0.315. The zero-order valence-electron chi connectivity index (χ0n) is 15.9. The number of aromatic nitrogens is 3. The molecule has 0 aromatic carbocycles. The molecule has 0 bridgehead atoms. The lowest BCUT2D eigenvalue weighted by Gasteiger charge is -2.34. The molecule has 4 rings (SSSR count). The molecule has 1 aliphatic heterocycles. The molecule has 2 aromatic rings. The molecule has 1 aliphatic carbocycles. The van der Waals surface area contributed by atoms with Crippen molar-refractivity contribution in [3.8, 4) is 11.4 Å². The number of hydrogen-bond donors (Lipinski definition) is 0. The van der Waals surface area contributed by atoms with Crippen LogP contribution in [-0.2, 0) is 18.4 Å².